The van der Waals surface area contributed by atoms with Crippen molar-refractivity contribution < 1.29 is 13.6 Å². The summed E-state index contributed by atoms with van der Waals surface area (Å²) in [5.74, 6) is -2.02. The minimum atomic E-state index is -0.785. The van der Waals surface area contributed by atoms with Crippen molar-refractivity contribution in [3.05, 3.63) is 64.7 Å². The monoisotopic (exact) mass is 332 g/mol. The molecule has 0 radical (unpaired) electrons. The van der Waals surface area contributed by atoms with Crippen LogP contribution in [0.3, 0.4) is 0 Å². The number of nitrogens with one attached hydrogen (secondary N) is 1. The lowest BCUT2D eigenvalue weighted by molar-refractivity contribution is -0.120. The number of rotatable bonds is 5. The van der Waals surface area contributed by atoms with E-state index in [2.05, 4.69) is 11.4 Å². The van der Waals surface area contributed by atoms with Crippen molar-refractivity contribution in [2.45, 2.75) is 33.4 Å². The zero-order valence-electron chi connectivity index (χ0n) is 14.4. The Hall–Kier alpha value is -2.27. The number of amides is 1. The topological polar surface area (TPSA) is 32.3 Å². The molecule has 0 unspecified atom stereocenters. The third kappa shape index (κ3) is 4.17. The van der Waals surface area contributed by atoms with E-state index in [-0.39, 0.29) is 0 Å². The number of para-hydroxylation sites is 1. The van der Waals surface area contributed by atoms with Gasteiger partial charge in [-0.1, -0.05) is 29.8 Å². The molecule has 0 heterocycles. The molecule has 0 aliphatic heterocycles. The minimum absolute atomic E-state index is 0.408. The van der Waals surface area contributed by atoms with Crippen molar-refractivity contribution in [2.75, 3.05) is 12.4 Å². The molecule has 0 saturated heterocycles. The molecule has 0 spiro atoms. The van der Waals surface area contributed by atoms with Gasteiger partial charge in [0, 0.05) is 6.54 Å². The fourth-order valence-electron chi connectivity index (χ4n) is 2.47. The Labute approximate surface area is 141 Å². The van der Waals surface area contributed by atoms with Gasteiger partial charge < -0.3 is 5.32 Å². The quantitative estimate of drug-likeness (QED) is 0.896. The molecule has 0 fully saturated rings. The lowest BCUT2D eigenvalue weighted by atomic mass is 10.0. The highest BCUT2D eigenvalue weighted by molar-refractivity contribution is 5.94. The number of halogens is 2. The molecular weight excluding hydrogens is 310 g/mol. The summed E-state index contributed by atoms with van der Waals surface area (Å²) < 4.78 is 27.3. The van der Waals surface area contributed by atoms with Crippen LogP contribution < -0.4 is 5.32 Å². The second-order valence-corrected chi connectivity index (χ2v) is 6.11. The first-order valence-corrected chi connectivity index (χ1v) is 7.81. The van der Waals surface area contributed by atoms with Crippen molar-refractivity contribution in [2.24, 2.45) is 0 Å². The van der Waals surface area contributed by atoms with Gasteiger partial charge in [-0.05, 0) is 51.1 Å². The third-order valence-electron chi connectivity index (χ3n) is 4.17. The smallest absolute Gasteiger partial charge is 0.241 e. The van der Waals surface area contributed by atoms with E-state index < -0.39 is 29.3 Å². The number of hydrogen-bond acceptors (Lipinski definition) is 2. The summed E-state index contributed by atoms with van der Waals surface area (Å²) in [5.41, 5.74) is 3.03. The summed E-state index contributed by atoms with van der Waals surface area (Å²) >= 11 is 0. The molecule has 0 aliphatic rings. The van der Waals surface area contributed by atoms with E-state index in [4.69, 9.17) is 0 Å². The molecule has 3 nitrogen and oxygen atoms in total. The summed E-state index contributed by atoms with van der Waals surface area (Å²) in [6.45, 7) is 6.33. The van der Waals surface area contributed by atoms with Crippen LogP contribution in [-0.2, 0) is 11.3 Å². The van der Waals surface area contributed by atoms with Crippen LogP contribution in [0.1, 0.15) is 23.6 Å². The first-order chi connectivity index (χ1) is 11.3. The highest BCUT2D eigenvalue weighted by atomic mass is 19.1. The number of carbonyl (C=O) groups is 1. The predicted molar refractivity (Wildman–Crippen MR) is 91.8 cm³/mol. The zero-order chi connectivity index (χ0) is 17.9. The summed E-state index contributed by atoms with van der Waals surface area (Å²) in [6.07, 6.45) is 0. The SMILES string of the molecule is Cc1ccc(CN(C)[C@H](C)C(=O)Nc2c(F)cccc2F)c(C)c1. The van der Waals surface area contributed by atoms with Gasteiger partial charge >= 0.3 is 0 Å². The number of hydrogen-bond donors (Lipinski definition) is 1. The van der Waals surface area contributed by atoms with E-state index in [1.54, 1.807) is 14.0 Å². The van der Waals surface area contributed by atoms with Crippen LogP contribution in [0.5, 0.6) is 0 Å². The maximum Gasteiger partial charge on any atom is 0.241 e. The lowest BCUT2D eigenvalue weighted by Gasteiger charge is -2.25. The number of carbonyl (C=O) groups excluding carboxylic acids is 1. The van der Waals surface area contributed by atoms with Crippen LogP contribution in [-0.4, -0.2) is 23.9 Å². The fourth-order valence-corrected chi connectivity index (χ4v) is 2.47. The van der Waals surface area contributed by atoms with E-state index in [1.165, 1.54) is 11.6 Å². The average molecular weight is 332 g/mol. The molecule has 2 rings (SSSR count). The van der Waals surface area contributed by atoms with Gasteiger partial charge in [0.05, 0.1) is 6.04 Å². The Morgan fingerprint density at radius 2 is 1.79 bits per heavy atom. The van der Waals surface area contributed by atoms with Crippen molar-refractivity contribution in [1.29, 1.82) is 0 Å². The lowest BCUT2D eigenvalue weighted by Crippen LogP contribution is -2.39. The van der Waals surface area contributed by atoms with Crippen molar-refractivity contribution in [1.82, 2.24) is 4.90 Å². The Bertz CT molecular complexity index is 726. The van der Waals surface area contributed by atoms with Crippen LogP contribution in [0, 0.1) is 25.5 Å². The Balaban J connectivity index is 2.07. The summed E-state index contributed by atoms with van der Waals surface area (Å²) in [4.78, 5) is 14.1. The Morgan fingerprint density at radius 1 is 1.17 bits per heavy atom. The molecule has 24 heavy (non-hydrogen) atoms. The molecule has 1 N–H and O–H groups in total. The molecule has 0 bridgehead atoms. The van der Waals surface area contributed by atoms with Crippen molar-refractivity contribution in [3.63, 3.8) is 0 Å². The molecule has 0 saturated carbocycles. The summed E-state index contributed by atoms with van der Waals surface area (Å²) in [6, 6.07) is 9.09. The summed E-state index contributed by atoms with van der Waals surface area (Å²) in [7, 11) is 1.81. The predicted octanol–water partition coefficient (Wildman–Crippen LogP) is 4.04. The van der Waals surface area contributed by atoms with Gasteiger partial charge in [-0.2, -0.15) is 0 Å². The first-order valence-electron chi connectivity index (χ1n) is 7.81. The number of anilines is 1. The first kappa shape index (κ1) is 18.1. The van der Waals surface area contributed by atoms with E-state index in [0.717, 1.165) is 23.3 Å². The summed E-state index contributed by atoms with van der Waals surface area (Å²) in [5, 5.41) is 2.34. The third-order valence-corrected chi connectivity index (χ3v) is 4.17. The number of likely N-dealkylation sites (N-methyl/N-ethyl adjacent to an activating group) is 1. The average Bonchev–Trinajstić information content (AvgIpc) is 2.52. The molecule has 1 atom stereocenters. The number of nitrogens with zero attached hydrogens (tertiary/aromatic N) is 1. The zero-order valence-corrected chi connectivity index (χ0v) is 14.4. The highest BCUT2D eigenvalue weighted by Crippen LogP contribution is 2.19. The van der Waals surface area contributed by atoms with Gasteiger partial charge in [0.2, 0.25) is 5.91 Å². The van der Waals surface area contributed by atoms with Gasteiger partial charge in [0.15, 0.2) is 0 Å². The molecule has 128 valence electrons. The standard InChI is InChI=1S/C19H22F2N2O/c1-12-8-9-15(13(2)10-12)11-23(4)14(3)19(24)22-18-16(20)6-5-7-17(18)21/h5-10,14H,11H2,1-4H3,(H,22,24)/t14-/m1/s1. The molecule has 0 aliphatic carbocycles. The molecule has 1 amide bonds. The van der Waals surface area contributed by atoms with Crippen LogP contribution in [0.2, 0.25) is 0 Å². The van der Waals surface area contributed by atoms with E-state index >= 15 is 0 Å². The molecule has 2 aromatic carbocycles. The second-order valence-electron chi connectivity index (χ2n) is 6.11. The normalized spacial score (nSPS) is 12.3. The van der Waals surface area contributed by atoms with Crippen LogP contribution in [0.25, 0.3) is 0 Å². The van der Waals surface area contributed by atoms with E-state index in [0.29, 0.717) is 6.54 Å². The maximum absolute atomic E-state index is 13.6. The van der Waals surface area contributed by atoms with Gasteiger partial charge in [0.25, 0.3) is 0 Å². The Kier molecular flexibility index (Phi) is 5.67. The second kappa shape index (κ2) is 7.53. The fraction of sp³-hybridized carbons (Fsp3) is 0.316. The Morgan fingerprint density at radius 3 is 2.38 bits per heavy atom. The largest absolute Gasteiger partial charge is 0.320 e. The van der Waals surface area contributed by atoms with Gasteiger partial charge in [0.1, 0.15) is 17.3 Å². The molecule has 0 aromatic heterocycles. The van der Waals surface area contributed by atoms with Crippen molar-refractivity contribution in [3.8, 4) is 0 Å². The van der Waals surface area contributed by atoms with Gasteiger partial charge in [-0.15, -0.1) is 0 Å². The highest BCUT2D eigenvalue weighted by Gasteiger charge is 2.21. The molecule has 5 heteroatoms. The molecule has 2 aromatic rings. The van der Waals surface area contributed by atoms with E-state index in [1.807, 2.05) is 30.9 Å². The van der Waals surface area contributed by atoms with E-state index in [9.17, 15) is 13.6 Å². The van der Waals surface area contributed by atoms with Gasteiger partial charge in [-0.3, -0.25) is 9.69 Å². The minimum Gasteiger partial charge on any atom is -0.320 e. The van der Waals surface area contributed by atoms with Crippen LogP contribution in [0.4, 0.5) is 14.5 Å². The van der Waals surface area contributed by atoms with Crippen LogP contribution in [0.15, 0.2) is 36.4 Å². The molecular formula is C19H22F2N2O. The number of benzene rings is 2. The van der Waals surface area contributed by atoms with Gasteiger partial charge in [-0.25, -0.2) is 8.78 Å². The maximum atomic E-state index is 13.6. The van der Waals surface area contributed by atoms with Crippen LogP contribution >= 0.6 is 0 Å². The number of aryl methyl sites for hydroxylation is 2. The van der Waals surface area contributed by atoms with Crippen molar-refractivity contribution >= 4 is 11.6 Å².